The fourth-order valence-electron chi connectivity index (χ4n) is 1.94. The van der Waals surface area contributed by atoms with Crippen molar-refractivity contribution in [2.24, 2.45) is 11.7 Å². The smallest absolute Gasteiger partial charge is 0.251 e. The number of carbonyl (C=O) groups is 1. The van der Waals surface area contributed by atoms with Crippen LogP contribution in [0.25, 0.3) is 0 Å². The van der Waals surface area contributed by atoms with Crippen LogP contribution in [0, 0.1) is 5.92 Å². The van der Waals surface area contributed by atoms with Crippen molar-refractivity contribution < 1.29 is 14.3 Å². The molecule has 0 aliphatic heterocycles. The molecule has 21 heavy (non-hydrogen) atoms. The number of hydrogen-bond acceptors (Lipinski definition) is 4. The van der Waals surface area contributed by atoms with E-state index in [1.165, 1.54) is 0 Å². The number of nitrogens with two attached hydrogens (primary N) is 1. The molecule has 5 heteroatoms. The zero-order chi connectivity index (χ0) is 15.8. The fourth-order valence-corrected chi connectivity index (χ4v) is 1.94. The van der Waals surface area contributed by atoms with Gasteiger partial charge in [-0.05, 0) is 38.0 Å². The molecule has 1 atom stereocenters. The predicted molar refractivity (Wildman–Crippen MR) is 83.9 cm³/mol. The zero-order valence-electron chi connectivity index (χ0n) is 13.3. The van der Waals surface area contributed by atoms with Crippen LogP contribution < -0.4 is 20.5 Å². The molecule has 0 fully saturated rings. The van der Waals surface area contributed by atoms with Crippen molar-refractivity contribution in [3.8, 4) is 11.5 Å². The minimum absolute atomic E-state index is 0.0420. The molecule has 1 rings (SSSR count). The molecule has 1 amide bonds. The average Bonchev–Trinajstić information content (AvgIpc) is 2.46. The molecular weight excluding hydrogens is 268 g/mol. The molecule has 5 nitrogen and oxygen atoms in total. The molecule has 0 heterocycles. The van der Waals surface area contributed by atoms with Crippen LogP contribution in [-0.4, -0.2) is 31.7 Å². The Morgan fingerprint density at radius 3 is 2.33 bits per heavy atom. The first-order chi connectivity index (χ1) is 10.0. The number of nitrogens with one attached hydrogen (secondary N) is 1. The van der Waals surface area contributed by atoms with E-state index in [2.05, 4.69) is 5.32 Å². The van der Waals surface area contributed by atoms with E-state index in [1.807, 2.05) is 27.7 Å². The number of carbonyl (C=O) groups excluding carboxylic acids is 1. The monoisotopic (exact) mass is 294 g/mol. The quantitative estimate of drug-likeness (QED) is 0.771. The molecule has 0 saturated carbocycles. The number of benzene rings is 1. The fraction of sp³-hybridized carbons (Fsp3) is 0.562. The molecule has 3 N–H and O–H groups in total. The summed E-state index contributed by atoms with van der Waals surface area (Å²) in [6.07, 6.45) is 0. The van der Waals surface area contributed by atoms with Crippen molar-refractivity contribution in [3.63, 3.8) is 0 Å². The molecule has 1 unspecified atom stereocenters. The van der Waals surface area contributed by atoms with Crippen LogP contribution in [0.1, 0.15) is 38.1 Å². The highest BCUT2D eigenvalue weighted by molar-refractivity contribution is 5.95. The topological polar surface area (TPSA) is 73.6 Å². The Kier molecular flexibility index (Phi) is 7.02. The lowest BCUT2D eigenvalue weighted by Crippen LogP contribution is -2.43. The molecule has 1 aromatic rings. The number of rotatable bonds is 8. The van der Waals surface area contributed by atoms with Gasteiger partial charge in [-0.2, -0.15) is 0 Å². The second kappa shape index (κ2) is 8.52. The molecule has 0 aliphatic carbocycles. The van der Waals surface area contributed by atoms with Crippen molar-refractivity contribution in [1.29, 1.82) is 0 Å². The first-order valence-electron chi connectivity index (χ1n) is 7.44. The lowest BCUT2D eigenvalue weighted by atomic mass is 10.0. The highest BCUT2D eigenvalue weighted by Gasteiger charge is 2.17. The summed E-state index contributed by atoms with van der Waals surface area (Å²) in [7, 11) is 0. The predicted octanol–water partition coefficient (Wildman–Crippen LogP) is 2.20. The highest BCUT2D eigenvalue weighted by atomic mass is 16.5. The van der Waals surface area contributed by atoms with Crippen LogP contribution in [0.5, 0.6) is 11.5 Å². The molecule has 0 spiro atoms. The van der Waals surface area contributed by atoms with Crippen LogP contribution in [0.2, 0.25) is 0 Å². The van der Waals surface area contributed by atoms with Crippen molar-refractivity contribution in [3.05, 3.63) is 23.8 Å². The van der Waals surface area contributed by atoms with E-state index in [0.717, 1.165) is 0 Å². The maximum absolute atomic E-state index is 12.3. The summed E-state index contributed by atoms with van der Waals surface area (Å²) in [5.41, 5.74) is 6.22. The Hall–Kier alpha value is -1.75. The van der Waals surface area contributed by atoms with Crippen LogP contribution in [0.15, 0.2) is 18.2 Å². The van der Waals surface area contributed by atoms with Crippen LogP contribution in [-0.2, 0) is 0 Å². The van der Waals surface area contributed by atoms with Gasteiger partial charge in [0.15, 0.2) is 11.5 Å². The van der Waals surface area contributed by atoms with Gasteiger partial charge < -0.3 is 20.5 Å². The summed E-state index contributed by atoms with van der Waals surface area (Å²) >= 11 is 0. The van der Waals surface area contributed by atoms with E-state index in [9.17, 15) is 4.79 Å². The van der Waals surface area contributed by atoms with Crippen LogP contribution in [0.3, 0.4) is 0 Å². The van der Waals surface area contributed by atoms with Gasteiger partial charge >= 0.3 is 0 Å². The molecule has 0 radical (unpaired) electrons. The second-order valence-corrected chi connectivity index (χ2v) is 5.09. The third kappa shape index (κ3) is 4.93. The molecular formula is C16H26N2O3. The first-order valence-corrected chi connectivity index (χ1v) is 7.44. The van der Waals surface area contributed by atoms with E-state index < -0.39 is 0 Å². The van der Waals surface area contributed by atoms with Gasteiger partial charge in [-0.3, -0.25) is 4.79 Å². The third-order valence-electron chi connectivity index (χ3n) is 3.18. The van der Waals surface area contributed by atoms with E-state index in [0.29, 0.717) is 36.8 Å². The molecule has 0 aliphatic rings. The maximum atomic E-state index is 12.3. The van der Waals surface area contributed by atoms with E-state index >= 15 is 0 Å². The van der Waals surface area contributed by atoms with Gasteiger partial charge in [0.2, 0.25) is 0 Å². The Morgan fingerprint density at radius 2 is 1.81 bits per heavy atom. The summed E-state index contributed by atoms with van der Waals surface area (Å²) in [6.45, 7) is 9.34. The largest absolute Gasteiger partial charge is 0.490 e. The third-order valence-corrected chi connectivity index (χ3v) is 3.18. The van der Waals surface area contributed by atoms with Gasteiger partial charge in [0.1, 0.15) is 0 Å². The van der Waals surface area contributed by atoms with Crippen LogP contribution in [0.4, 0.5) is 0 Å². The van der Waals surface area contributed by atoms with Crippen LogP contribution >= 0.6 is 0 Å². The molecule has 0 bridgehead atoms. The van der Waals surface area contributed by atoms with Gasteiger partial charge in [0.25, 0.3) is 5.91 Å². The van der Waals surface area contributed by atoms with E-state index in [4.69, 9.17) is 15.2 Å². The van der Waals surface area contributed by atoms with Crippen molar-refractivity contribution >= 4 is 5.91 Å². The Balaban J connectivity index is 2.91. The van der Waals surface area contributed by atoms with Gasteiger partial charge in [-0.1, -0.05) is 13.8 Å². The second-order valence-electron chi connectivity index (χ2n) is 5.09. The minimum Gasteiger partial charge on any atom is -0.490 e. The van der Waals surface area contributed by atoms with Crippen molar-refractivity contribution in [2.75, 3.05) is 19.8 Å². The zero-order valence-corrected chi connectivity index (χ0v) is 13.3. The summed E-state index contributed by atoms with van der Waals surface area (Å²) in [5, 5.41) is 2.94. The normalized spacial score (nSPS) is 12.1. The Bertz CT molecular complexity index is 461. The minimum atomic E-state index is -0.150. The standard InChI is InChI=1S/C16H26N2O3/c1-5-20-14-8-7-12(9-15(14)21-6-2)16(19)18-13(10-17)11(3)4/h7-9,11,13H,5-6,10,17H2,1-4H3,(H,18,19). The molecule has 0 saturated heterocycles. The molecule has 0 aromatic heterocycles. The maximum Gasteiger partial charge on any atom is 0.251 e. The number of ether oxygens (including phenoxy) is 2. The van der Waals surface area contributed by atoms with Crippen molar-refractivity contribution in [2.45, 2.75) is 33.7 Å². The first kappa shape index (κ1) is 17.3. The summed E-state index contributed by atoms with van der Waals surface area (Å²) in [4.78, 5) is 12.3. The molecule has 118 valence electrons. The SMILES string of the molecule is CCOc1ccc(C(=O)NC(CN)C(C)C)cc1OCC. The summed E-state index contributed by atoms with van der Waals surface area (Å²) in [6, 6.07) is 5.16. The lowest BCUT2D eigenvalue weighted by molar-refractivity contribution is 0.0927. The highest BCUT2D eigenvalue weighted by Crippen LogP contribution is 2.28. The number of amides is 1. The summed E-state index contributed by atoms with van der Waals surface area (Å²) < 4.78 is 11.0. The van der Waals surface area contributed by atoms with Gasteiger partial charge in [-0.25, -0.2) is 0 Å². The van der Waals surface area contributed by atoms with Gasteiger partial charge in [0, 0.05) is 18.2 Å². The summed E-state index contributed by atoms with van der Waals surface area (Å²) in [5.74, 6) is 1.37. The van der Waals surface area contributed by atoms with E-state index in [1.54, 1.807) is 18.2 Å². The Labute approximate surface area is 126 Å². The number of hydrogen-bond donors (Lipinski definition) is 2. The Morgan fingerprint density at radius 1 is 1.19 bits per heavy atom. The van der Waals surface area contributed by atoms with Gasteiger partial charge in [-0.15, -0.1) is 0 Å². The lowest BCUT2D eigenvalue weighted by Gasteiger charge is -2.21. The molecule has 1 aromatic carbocycles. The van der Waals surface area contributed by atoms with Crippen molar-refractivity contribution in [1.82, 2.24) is 5.32 Å². The average molecular weight is 294 g/mol. The van der Waals surface area contributed by atoms with E-state index in [-0.39, 0.29) is 17.9 Å². The van der Waals surface area contributed by atoms with Gasteiger partial charge in [0.05, 0.1) is 13.2 Å².